The summed E-state index contributed by atoms with van der Waals surface area (Å²) in [6, 6.07) is 6.01. The zero-order valence-corrected chi connectivity index (χ0v) is 9.25. The van der Waals surface area contributed by atoms with Gasteiger partial charge < -0.3 is 16.4 Å². The minimum atomic E-state index is 0.0612. The molecule has 0 aliphatic carbocycles. The number of nitrogens with zero attached hydrogens (tertiary/aromatic N) is 1. The molecule has 0 aliphatic rings. The van der Waals surface area contributed by atoms with E-state index in [1.807, 2.05) is 32.0 Å². The van der Waals surface area contributed by atoms with Crippen LogP contribution >= 0.6 is 0 Å². The van der Waals surface area contributed by atoms with E-state index in [0.717, 1.165) is 16.8 Å². The number of rotatable bonds is 3. The molecular formula is C11H18N4. The van der Waals surface area contributed by atoms with Gasteiger partial charge in [0.25, 0.3) is 0 Å². The molecule has 0 fully saturated rings. The molecule has 0 atom stereocenters. The van der Waals surface area contributed by atoms with Gasteiger partial charge in [0.2, 0.25) is 0 Å². The molecule has 0 radical (unpaired) electrons. The van der Waals surface area contributed by atoms with Crippen molar-refractivity contribution < 1.29 is 0 Å². The lowest BCUT2D eigenvalue weighted by Crippen LogP contribution is -2.36. The highest BCUT2D eigenvalue weighted by atomic mass is 15.2. The number of anilines is 1. The molecule has 0 spiro atoms. The molecule has 0 saturated carbocycles. The van der Waals surface area contributed by atoms with Gasteiger partial charge >= 0.3 is 0 Å². The molecule has 1 rings (SSSR count). The van der Waals surface area contributed by atoms with Crippen LogP contribution in [0.4, 0.5) is 5.69 Å². The van der Waals surface area contributed by atoms with Gasteiger partial charge in [0.15, 0.2) is 5.96 Å². The molecule has 0 unspecified atom stereocenters. The lowest BCUT2D eigenvalue weighted by Gasteiger charge is -2.21. The standard InChI is InChI=1S/C11H18N4/c1-3-15(11(13)14)10-5-8(2)4-9(6-10)7-12/h4-6H,3,7,12H2,1-2H3,(H3,13,14). The van der Waals surface area contributed by atoms with Gasteiger partial charge in [-0.25, -0.2) is 0 Å². The Labute approximate surface area is 90.4 Å². The van der Waals surface area contributed by atoms with Gasteiger partial charge in [0, 0.05) is 18.8 Å². The number of hydrogen-bond donors (Lipinski definition) is 3. The summed E-state index contributed by atoms with van der Waals surface area (Å²) in [4.78, 5) is 1.74. The van der Waals surface area contributed by atoms with Crippen molar-refractivity contribution in [3.05, 3.63) is 29.3 Å². The molecule has 4 nitrogen and oxygen atoms in total. The summed E-state index contributed by atoms with van der Waals surface area (Å²) in [6.07, 6.45) is 0. The molecule has 0 aliphatic heterocycles. The molecule has 0 heterocycles. The molecule has 1 aromatic carbocycles. The van der Waals surface area contributed by atoms with E-state index in [0.29, 0.717) is 13.1 Å². The first-order chi connectivity index (χ1) is 7.08. The van der Waals surface area contributed by atoms with Crippen molar-refractivity contribution in [2.24, 2.45) is 11.5 Å². The molecule has 1 aromatic rings. The highest BCUT2D eigenvalue weighted by Gasteiger charge is 2.08. The first-order valence-electron chi connectivity index (χ1n) is 5.00. The Hall–Kier alpha value is -1.55. The second-order valence-electron chi connectivity index (χ2n) is 3.51. The van der Waals surface area contributed by atoms with Gasteiger partial charge in [-0.3, -0.25) is 5.41 Å². The van der Waals surface area contributed by atoms with E-state index in [-0.39, 0.29) is 5.96 Å². The second kappa shape index (κ2) is 4.79. The van der Waals surface area contributed by atoms with E-state index in [4.69, 9.17) is 16.9 Å². The van der Waals surface area contributed by atoms with Crippen LogP contribution in [0.25, 0.3) is 0 Å². The van der Waals surface area contributed by atoms with Crippen LogP contribution in [0.3, 0.4) is 0 Å². The Morgan fingerprint density at radius 3 is 2.53 bits per heavy atom. The van der Waals surface area contributed by atoms with E-state index in [2.05, 4.69) is 0 Å². The molecule has 0 bridgehead atoms. The van der Waals surface area contributed by atoms with E-state index in [1.165, 1.54) is 0 Å². The third kappa shape index (κ3) is 2.70. The predicted molar refractivity (Wildman–Crippen MR) is 64.0 cm³/mol. The van der Waals surface area contributed by atoms with Gasteiger partial charge in [-0.1, -0.05) is 6.07 Å². The van der Waals surface area contributed by atoms with Crippen LogP contribution < -0.4 is 16.4 Å². The summed E-state index contributed by atoms with van der Waals surface area (Å²) in [7, 11) is 0. The third-order valence-electron chi connectivity index (χ3n) is 2.28. The molecule has 82 valence electrons. The Bertz CT molecular complexity index is 360. The fourth-order valence-corrected chi connectivity index (χ4v) is 1.61. The normalized spacial score (nSPS) is 10.1. The largest absolute Gasteiger partial charge is 0.370 e. The predicted octanol–water partition coefficient (Wildman–Crippen LogP) is 1.17. The number of aryl methyl sites for hydroxylation is 1. The summed E-state index contributed by atoms with van der Waals surface area (Å²) in [5, 5.41) is 7.46. The van der Waals surface area contributed by atoms with Gasteiger partial charge in [0.1, 0.15) is 0 Å². The third-order valence-corrected chi connectivity index (χ3v) is 2.28. The first kappa shape index (κ1) is 11.5. The lowest BCUT2D eigenvalue weighted by molar-refractivity contribution is 1.01. The van der Waals surface area contributed by atoms with Crippen molar-refractivity contribution in [1.29, 1.82) is 5.41 Å². The van der Waals surface area contributed by atoms with Crippen molar-refractivity contribution in [3.8, 4) is 0 Å². The molecule has 0 aromatic heterocycles. The van der Waals surface area contributed by atoms with Gasteiger partial charge in [0.05, 0.1) is 0 Å². The minimum absolute atomic E-state index is 0.0612. The summed E-state index contributed by atoms with van der Waals surface area (Å²) in [5.74, 6) is 0.0612. The summed E-state index contributed by atoms with van der Waals surface area (Å²) < 4.78 is 0. The van der Waals surface area contributed by atoms with E-state index in [1.54, 1.807) is 4.90 Å². The van der Waals surface area contributed by atoms with Crippen LogP contribution in [-0.4, -0.2) is 12.5 Å². The number of guanidine groups is 1. The molecule has 5 N–H and O–H groups in total. The zero-order chi connectivity index (χ0) is 11.4. The average Bonchev–Trinajstić information content (AvgIpc) is 2.17. The van der Waals surface area contributed by atoms with Crippen LogP contribution in [0.15, 0.2) is 18.2 Å². The van der Waals surface area contributed by atoms with E-state index in [9.17, 15) is 0 Å². The monoisotopic (exact) mass is 206 g/mol. The molecular weight excluding hydrogens is 188 g/mol. The van der Waals surface area contributed by atoms with Crippen molar-refractivity contribution in [1.82, 2.24) is 0 Å². The van der Waals surface area contributed by atoms with Crippen LogP contribution in [0, 0.1) is 12.3 Å². The molecule has 0 saturated heterocycles. The highest BCUT2D eigenvalue weighted by Crippen LogP contribution is 2.18. The fourth-order valence-electron chi connectivity index (χ4n) is 1.61. The van der Waals surface area contributed by atoms with E-state index >= 15 is 0 Å². The SMILES string of the molecule is CCN(C(=N)N)c1cc(C)cc(CN)c1. The summed E-state index contributed by atoms with van der Waals surface area (Å²) >= 11 is 0. The first-order valence-corrected chi connectivity index (χ1v) is 5.00. The quantitative estimate of drug-likeness (QED) is 0.513. The zero-order valence-electron chi connectivity index (χ0n) is 9.25. The summed E-state index contributed by atoms with van der Waals surface area (Å²) in [6.45, 7) is 5.16. The maximum Gasteiger partial charge on any atom is 0.192 e. The van der Waals surface area contributed by atoms with Gasteiger partial charge in [-0.15, -0.1) is 0 Å². The Morgan fingerprint density at radius 2 is 2.07 bits per heavy atom. The van der Waals surface area contributed by atoms with Crippen LogP contribution in [-0.2, 0) is 6.54 Å². The maximum absolute atomic E-state index is 7.46. The molecule has 15 heavy (non-hydrogen) atoms. The second-order valence-corrected chi connectivity index (χ2v) is 3.51. The van der Waals surface area contributed by atoms with Crippen molar-refractivity contribution in [3.63, 3.8) is 0 Å². The number of hydrogen-bond acceptors (Lipinski definition) is 2. The maximum atomic E-state index is 7.46. The minimum Gasteiger partial charge on any atom is -0.370 e. The Balaban J connectivity index is 3.11. The number of nitrogens with two attached hydrogens (primary N) is 2. The fraction of sp³-hybridized carbons (Fsp3) is 0.364. The average molecular weight is 206 g/mol. The van der Waals surface area contributed by atoms with Crippen molar-refractivity contribution in [2.45, 2.75) is 20.4 Å². The topological polar surface area (TPSA) is 79.1 Å². The van der Waals surface area contributed by atoms with Gasteiger partial charge in [-0.05, 0) is 37.1 Å². The van der Waals surface area contributed by atoms with Crippen LogP contribution in [0.5, 0.6) is 0 Å². The lowest BCUT2D eigenvalue weighted by atomic mass is 10.1. The number of benzene rings is 1. The number of nitrogens with one attached hydrogen (secondary N) is 1. The Morgan fingerprint density at radius 1 is 1.40 bits per heavy atom. The van der Waals surface area contributed by atoms with Crippen molar-refractivity contribution in [2.75, 3.05) is 11.4 Å². The van der Waals surface area contributed by atoms with Crippen molar-refractivity contribution >= 4 is 11.6 Å². The van der Waals surface area contributed by atoms with Gasteiger partial charge in [-0.2, -0.15) is 0 Å². The summed E-state index contributed by atoms with van der Waals surface area (Å²) in [5.41, 5.74) is 14.2. The van der Waals surface area contributed by atoms with Crippen LogP contribution in [0.2, 0.25) is 0 Å². The highest BCUT2D eigenvalue weighted by molar-refractivity contribution is 5.92. The smallest absolute Gasteiger partial charge is 0.192 e. The van der Waals surface area contributed by atoms with Crippen LogP contribution in [0.1, 0.15) is 18.1 Å². The Kier molecular flexibility index (Phi) is 3.68. The molecule has 4 heteroatoms. The van der Waals surface area contributed by atoms with E-state index < -0.39 is 0 Å². The molecule has 0 amide bonds.